The van der Waals surface area contributed by atoms with Crippen molar-refractivity contribution in [2.24, 2.45) is 0 Å². The molecule has 0 aliphatic carbocycles. The van der Waals surface area contributed by atoms with Crippen molar-refractivity contribution in [1.29, 1.82) is 0 Å². The van der Waals surface area contributed by atoms with Crippen LogP contribution in [-0.4, -0.2) is 78.5 Å². The molecule has 10 heteroatoms. The number of hydrogen-bond donors (Lipinski definition) is 1. The molecule has 2 aliphatic heterocycles. The molecule has 2 saturated heterocycles. The van der Waals surface area contributed by atoms with Gasteiger partial charge in [-0.25, -0.2) is 4.79 Å². The second kappa shape index (κ2) is 12.6. The highest BCUT2D eigenvalue weighted by molar-refractivity contribution is 5.94. The van der Waals surface area contributed by atoms with Gasteiger partial charge in [0.25, 0.3) is 5.91 Å². The number of carboxylic acids is 1. The van der Waals surface area contributed by atoms with Gasteiger partial charge >= 0.3 is 12.1 Å². The fourth-order valence-corrected chi connectivity index (χ4v) is 3.80. The summed E-state index contributed by atoms with van der Waals surface area (Å²) in [7, 11) is 0. The third kappa shape index (κ3) is 8.29. The number of hydrogen-bond acceptors (Lipinski definition) is 4. The molecule has 2 fully saturated rings. The number of unbranched alkanes of at least 4 members (excludes halogenated alkanes) is 1. The van der Waals surface area contributed by atoms with Gasteiger partial charge in [0.15, 0.2) is 0 Å². The van der Waals surface area contributed by atoms with E-state index >= 15 is 0 Å². The number of alkyl halides is 4. The van der Waals surface area contributed by atoms with E-state index in [1.54, 1.807) is 0 Å². The van der Waals surface area contributed by atoms with Crippen molar-refractivity contribution in [2.75, 3.05) is 39.5 Å². The molecular formula is C22H30F4N2O4. The minimum Gasteiger partial charge on any atom is -0.494 e. The molecule has 180 valence electrons. The van der Waals surface area contributed by atoms with E-state index in [4.69, 9.17) is 14.6 Å². The molecule has 1 aromatic carbocycles. The van der Waals surface area contributed by atoms with Gasteiger partial charge in [-0.05, 0) is 75.9 Å². The summed E-state index contributed by atoms with van der Waals surface area (Å²) in [4.78, 5) is 26.3. The van der Waals surface area contributed by atoms with E-state index in [9.17, 15) is 22.4 Å². The Morgan fingerprint density at radius 2 is 1.66 bits per heavy atom. The largest absolute Gasteiger partial charge is 0.494 e. The van der Waals surface area contributed by atoms with Gasteiger partial charge in [0.2, 0.25) is 0 Å². The first-order valence-corrected chi connectivity index (χ1v) is 10.8. The molecule has 2 heterocycles. The quantitative estimate of drug-likeness (QED) is 0.464. The monoisotopic (exact) mass is 462 g/mol. The number of rotatable bonds is 8. The van der Waals surface area contributed by atoms with Crippen molar-refractivity contribution in [2.45, 2.75) is 50.7 Å². The second-order valence-corrected chi connectivity index (χ2v) is 7.87. The summed E-state index contributed by atoms with van der Waals surface area (Å²) in [6.45, 7) is 4.44. The minimum absolute atomic E-state index is 0.130. The smallest absolute Gasteiger partial charge is 0.490 e. The highest BCUT2D eigenvalue weighted by Crippen LogP contribution is 2.23. The Kier molecular flexibility index (Phi) is 10.2. The number of likely N-dealkylation sites (tertiary alicyclic amines) is 2. The van der Waals surface area contributed by atoms with E-state index in [0.29, 0.717) is 25.5 Å². The Morgan fingerprint density at radius 3 is 2.22 bits per heavy atom. The van der Waals surface area contributed by atoms with Gasteiger partial charge in [-0.15, -0.1) is 0 Å². The van der Waals surface area contributed by atoms with Crippen molar-refractivity contribution in [3.8, 4) is 5.75 Å². The molecule has 0 saturated carbocycles. The molecule has 2 aliphatic rings. The van der Waals surface area contributed by atoms with Crippen LogP contribution in [0.3, 0.4) is 0 Å². The molecule has 1 amide bonds. The van der Waals surface area contributed by atoms with E-state index in [2.05, 4.69) is 9.80 Å². The zero-order chi connectivity index (χ0) is 23.6. The van der Waals surface area contributed by atoms with E-state index in [1.807, 2.05) is 24.3 Å². The maximum Gasteiger partial charge on any atom is 0.490 e. The van der Waals surface area contributed by atoms with Gasteiger partial charge in [0.05, 0.1) is 13.3 Å². The molecule has 0 radical (unpaired) electrons. The Hall–Kier alpha value is -2.36. The van der Waals surface area contributed by atoms with Gasteiger partial charge in [-0.1, -0.05) is 0 Å². The summed E-state index contributed by atoms with van der Waals surface area (Å²) in [5.41, 5.74) is 0.726. The van der Waals surface area contributed by atoms with Crippen LogP contribution in [0.1, 0.15) is 48.9 Å². The van der Waals surface area contributed by atoms with Crippen molar-refractivity contribution in [3.05, 3.63) is 29.8 Å². The zero-order valence-electron chi connectivity index (χ0n) is 18.0. The third-order valence-corrected chi connectivity index (χ3v) is 5.45. The maximum absolute atomic E-state index is 12.9. The van der Waals surface area contributed by atoms with Crippen LogP contribution in [0.4, 0.5) is 17.6 Å². The first kappa shape index (κ1) is 25.9. The first-order valence-electron chi connectivity index (χ1n) is 10.8. The molecule has 1 atom stereocenters. The Balaban J connectivity index is 0.000000451. The molecule has 6 nitrogen and oxygen atoms in total. The highest BCUT2D eigenvalue weighted by atomic mass is 19.4. The number of carbonyl (C=O) groups is 2. The number of benzene rings is 1. The predicted octanol–water partition coefficient (Wildman–Crippen LogP) is 4.15. The van der Waals surface area contributed by atoms with Crippen molar-refractivity contribution < 1.29 is 37.0 Å². The number of carbonyl (C=O) groups excluding carboxylic acids is 1. The Bertz CT molecular complexity index is 722. The average Bonchev–Trinajstić information content (AvgIpc) is 3.43. The molecule has 1 N–H and O–H groups in total. The fraction of sp³-hybridized carbons (Fsp3) is 0.636. The van der Waals surface area contributed by atoms with Gasteiger partial charge in [0.1, 0.15) is 5.75 Å². The molecule has 1 aromatic rings. The SMILES string of the molecule is O=C(O)C(F)(F)F.O=C(c1ccc(OCCCCF)cc1)N1CCCC1CN1CCCC1. The summed E-state index contributed by atoms with van der Waals surface area (Å²) < 4.78 is 49.4. The van der Waals surface area contributed by atoms with Crippen molar-refractivity contribution in [1.82, 2.24) is 9.80 Å². The lowest BCUT2D eigenvalue weighted by molar-refractivity contribution is -0.192. The van der Waals surface area contributed by atoms with Gasteiger partial charge in [-0.3, -0.25) is 9.18 Å². The minimum atomic E-state index is -5.08. The number of aliphatic carboxylic acids is 1. The van der Waals surface area contributed by atoms with Crippen LogP contribution < -0.4 is 4.74 Å². The maximum atomic E-state index is 12.9. The van der Waals surface area contributed by atoms with Crippen LogP contribution in [0.25, 0.3) is 0 Å². The lowest BCUT2D eigenvalue weighted by Gasteiger charge is -2.28. The molecule has 1 unspecified atom stereocenters. The summed E-state index contributed by atoms with van der Waals surface area (Å²) >= 11 is 0. The topological polar surface area (TPSA) is 70.1 Å². The van der Waals surface area contributed by atoms with Gasteiger partial charge in [0, 0.05) is 24.7 Å². The second-order valence-electron chi connectivity index (χ2n) is 7.87. The number of halogens is 4. The summed E-state index contributed by atoms with van der Waals surface area (Å²) in [5.74, 6) is -1.89. The summed E-state index contributed by atoms with van der Waals surface area (Å²) in [5, 5.41) is 7.12. The molecule has 32 heavy (non-hydrogen) atoms. The number of ether oxygens (including phenoxy) is 1. The van der Waals surface area contributed by atoms with Crippen LogP contribution in [0, 0.1) is 0 Å². The van der Waals surface area contributed by atoms with E-state index < -0.39 is 12.1 Å². The lowest BCUT2D eigenvalue weighted by Crippen LogP contribution is -2.42. The van der Waals surface area contributed by atoms with Crippen LogP contribution in [0.2, 0.25) is 0 Å². The Morgan fingerprint density at radius 1 is 1.03 bits per heavy atom. The van der Waals surface area contributed by atoms with E-state index in [0.717, 1.165) is 37.2 Å². The van der Waals surface area contributed by atoms with Crippen LogP contribution in [0.15, 0.2) is 24.3 Å². The summed E-state index contributed by atoms with van der Waals surface area (Å²) in [6.07, 6.45) is 0.937. The van der Waals surface area contributed by atoms with Crippen LogP contribution in [-0.2, 0) is 4.79 Å². The number of amides is 1. The predicted molar refractivity (Wildman–Crippen MR) is 111 cm³/mol. The van der Waals surface area contributed by atoms with Crippen LogP contribution >= 0.6 is 0 Å². The Labute approximate surface area is 185 Å². The zero-order valence-corrected chi connectivity index (χ0v) is 18.0. The molecule has 0 bridgehead atoms. The summed E-state index contributed by atoms with van der Waals surface area (Å²) in [6, 6.07) is 7.72. The van der Waals surface area contributed by atoms with Gasteiger partial charge in [-0.2, -0.15) is 13.2 Å². The van der Waals surface area contributed by atoms with E-state index in [1.165, 1.54) is 25.9 Å². The third-order valence-electron chi connectivity index (χ3n) is 5.45. The average molecular weight is 462 g/mol. The molecule has 0 spiro atoms. The molecule has 3 rings (SSSR count). The van der Waals surface area contributed by atoms with Crippen molar-refractivity contribution >= 4 is 11.9 Å². The standard InChI is InChI=1S/C20H29FN2O2.C2HF3O2/c21-11-1-4-15-25-19-9-7-17(8-10-19)20(24)23-14-5-6-18(23)16-22-12-2-3-13-22;3-2(4,5)1(6)7/h7-10,18H,1-6,11-16H2;(H,6,7). The van der Waals surface area contributed by atoms with Gasteiger partial charge < -0.3 is 19.6 Å². The first-order chi connectivity index (χ1) is 15.2. The molecular weight excluding hydrogens is 432 g/mol. The highest BCUT2D eigenvalue weighted by Gasteiger charge is 2.38. The number of nitrogens with zero attached hydrogens (tertiary/aromatic N) is 2. The lowest BCUT2D eigenvalue weighted by atomic mass is 10.1. The van der Waals surface area contributed by atoms with Crippen LogP contribution in [0.5, 0.6) is 5.75 Å². The normalized spacial score (nSPS) is 18.9. The van der Waals surface area contributed by atoms with E-state index in [-0.39, 0.29) is 12.6 Å². The van der Waals surface area contributed by atoms with Crippen molar-refractivity contribution in [3.63, 3.8) is 0 Å². The molecule has 0 aromatic heterocycles. The fourth-order valence-electron chi connectivity index (χ4n) is 3.80. The number of carboxylic acid groups (broad SMARTS) is 1.